The normalized spacial score (nSPS) is 20.9. The fourth-order valence-corrected chi connectivity index (χ4v) is 3.45. The van der Waals surface area contributed by atoms with E-state index >= 15 is 0 Å². The number of aliphatic hydroxyl groups is 1. The number of ether oxygens (including phenoxy) is 1. The molecule has 2 amide bonds. The van der Waals surface area contributed by atoms with Crippen molar-refractivity contribution in [3.05, 3.63) is 71.8 Å². The number of nitrogens with one attached hydrogen (secondary N) is 1. The van der Waals surface area contributed by atoms with Gasteiger partial charge in [-0.1, -0.05) is 60.7 Å². The molecule has 27 heavy (non-hydrogen) atoms. The largest absolute Gasteiger partial charge is 0.366 e. The highest BCUT2D eigenvalue weighted by Gasteiger charge is 2.34. The van der Waals surface area contributed by atoms with Gasteiger partial charge in [-0.05, 0) is 37.8 Å². The highest BCUT2D eigenvalue weighted by Crippen LogP contribution is 2.21. The Hall–Kier alpha value is -2.37. The van der Waals surface area contributed by atoms with E-state index in [1.165, 1.54) is 0 Å². The Balaban J connectivity index is 1.76. The first-order valence-corrected chi connectivity index (χ1v) is 9.44. The highest BCUT2D eigenvalue weighted by atomic mass is 16.6. The second-order valence-corrected chi connectivity index (χ2v) is 7.54. The minimum Gasteiger partial charge on any atom is -0.366 e. The summed E-state index contributed by atoms with van der Waals surface area (Å²) in [4.78, 5) is 14.6. The Labute approximate surface area is 161 Å². The van der Waals surface area contributed by atoms with Gasteiger partial charge >= 0.3 is 6.03 Å². The lowest BCUT2D eigenvalue weighted by Gasteiger charge is -2.31. The van der Waals surface area contributed by atoms with Gasteiger partial charge in [0.1, 0.15) is 0 Å². The van der Waals surface area contributed by atoms with Gasteiger partial charge in [-0.2, -0.15) is 0 Å². The third-order valence-electron chi connectivity index (χ3n) is 4.68. The van der Waals surface area contributed by atoms with E-state index in [9.17, 15) is 9.90 Å². The molecular weight excluding hydrogens is 340 g/mol. The molecule has 3 rings (SSSR count). The first-order chi connectivity index (χ1) is 12.9. The predicted molar refractivity (Wildman–Crippen MR) is 105 cm³/mol. The molecule has 2 atom stereocenters. The molecule has 5 nitrogen and oxygen atoms in total. The molecule has 1 aliphatic rings. The van der Waals surface area contributed by atoms with Crippen molar-refractivity contribution >= 4 is 6.03 Å². The summed E-state index contributed by atoms with van der Waals surface area (Å²) in [5.74, 6) is -1.25. The molecule has 1 saturated heterocycles. The zero-order valence-corrected chi connectivity index (χ0v) is 16.0. The third kappa shape index (κ3) is 5.81. The van der Waals surface area contributed by atoms with Crippen LogP contribution in [0.5, 0.6) is 0 Å². The van der Waals surface area contributed by atoms with Crippen molar-refractivity contribution in [2.75, 3.05) is 6.54 Å². The lowest BCUT2D eigenvalue weighted by Crippen LogP contribution is -2.48. The first kappa shape index (κ1) is 19.4. The summed E-state index contributed by atoms with van der Waals surface area (Å²) in [5, 5.41) is 13.3. The van der Waals surface area contributed by atoms with Crippen molar-refractivity contribution in [1.82, 2.24) is 10.2 Å². The molecule has 2 unspecified atom stereocenters. The van der Waals surface area contributed by atoms with Crippen LogP contribution in [-0.2, 0) is 17.7 Å². The minimum absolute atomic E-state index is 0.0957. The molecule has 2 aromatic rings. The number of amides is 2. The summed E-state index contributed by atoms with van der Waals surface area (Å²) in [6.07, 6.45) is 1.05. The summed E-state index contributed by atoms with van der Waals surface area (Å²) in [5.41, 5.74) is 2.22. The number of urea groups is 1. The summed E-state index contributed by atoms with van der Waals surface area (Å²) in [7, 11) is 0. The molecule has 2 aromatic carbocycles. The lowest BCUT2D eigenvalue weighted by molar-refractivity contribution is -0.211. The summed E-state index contributed by atoms with van der Waals surface area (Å²) >= 11 is 0. The highest BCUT2D eigenvalue weighted by molar-refractivity contribution is 5.75. The molecular formula is C22H28N2O3. The van der Waals surface area contributed by atoms with E-state index in [0.29, 0.717) is 25.9 Å². The van der Waals surface area contributed by atoms with Gasteiger partial charge in [0.2, 0.25) is 0 Å². The van der Waals surface area contributed by atoms with E-state index < -0.39 is 5.79 Å². The second kappa shape index (κ2) is 8.55. The number of rotatable bonds is 6. The SMILES string of the molecule is CC(C)(O)OC1CCN(Cc2ccccc2)C(=O)NC1Cc1ccccc1. The van der Waals surface area contributed by atoms with Crippen LogP contribution in [0.25, 0.3) is 0 Å². The molecule has 0 aliphatic carbocycles. The number of hydrogen-bond donors (Lipinski definition) is 2. The summed E-state index contributed by atoms with van der Waals surface area (Å²) in [6.45, 7) is 4.38. The smallest absolute Gasteiger partial charge is 0.318 e. The van der Waals surface area contributed by atoms with Crippen LogP contribution >= 0.6 is 0 Å². The molecule has 0 aromatic heterocycles. The number of benzene rings is 2. The Bertz CT molecular complexity index is 728. The van der Waals surface area contributed by atoms with Gasteiger partial charge in [0.25, 0.3) is 0 Å². The van der Waals surface area contributed by atoms with Crippen LogP contribution < -0.4 is 5.32 Å². The fraction of sp³-hybridized carbons (Fsp3) is 0.409. The lowest BCUT2D eigenvalue weighted by atomic mass is 9.99. The third-order valence-corrected chi connectivity index (χ3v) is 4.68. The fourth-order valence-electron chi connectivity index (χ4n) is 3.45. The Kier molecular flexibility index (Phi) is 6.14. The van der Waals surface area contributed by atoms with Crippen LogP contribution in [0.3, 0.4) is 0 Å². The van der Waals surface area contributed by atoms with E-state index in [1.54, 1.807) is 18.7 Å². The molecule has 1 aliphatic heterocycles. The topological polar surface area (TPSA) is 61.8 Å². The molecule has 144 valence electrons. The van der Waals surface area contributed by atoms with Gasteiger partial charge < -0.3 is 20.1 Å². The molecule has 2 N–H and O–H groups in total. The molecule has 1 fully saturated rings. The number of nitrogens with zero attached hydrogens (tertiary/aromatic N) is 1. The zero-order chi connectivity index (χ0) is 19.3. The van der Waals surface area contributed by atoms with Crippen LogP contribution in [-0.4, -0.2) is 40.5 Å². The van der Waals surface area contributed by atoms with Crippen molar-refractivity contribution in [2.24, 2.45) is 0 Å². The average Bonchev–Trinajstić information content (AvgIpc) is 2.76. The van der Waals surface area contributed by atoms with Crippen molar-refractivity contribution in [3.8, 4) is 0 Å². The predicted octanol–water partition coefficient (Wildman–Crippen LogP) is 3.33. The maximum Gasteiger partial charge on any atom is 0.318 e. The van der Waals surface area contributed by atoms with Gasteiger partial charge in [-0.15, -0.1) is 0 Å². The maximum absolute atomic E-state index is 12.8. The van der Waals surface area contributed by atoms with Crippen molar-refractivity contribution < 1.29 is 14.6 Å². The maximum atomic E-state index is 12.8. The summed E-state index contributed by atoms with van der Waals surface area (Å²) < 4.78 is 5.90. The molecule has 5 heteroatoms. The van der Waals surface area contributed by atoms with Gasteiger partial charge in [0.05, 0.1) is 12.1 Å². The number of hydrogen-bond acceptors (Lipinski definition) is 3. The van der Waals surface area contributed by atoms with Crippen molar-refractivity contribution in [3.63, 3.8) is 0 Å². The Morgan fingerprint density at radius 2 is 1.67 bits per heavy atom. The van der Waals surface area contributed by atoms with Crippen molar-refractivity contribution in [2.45, 2.75) is 51.2 Å². The zero-order valence-electron chi connectivity index (χ0n) is 16.0. The van der Waals surface area contributed by atoms with Crippen LogP contribution in [0.1, 0.15) is 31.4 Å². The van der Waals surface area contributed by atoms with E-state index in [4.69, 9.17) is 4.74 Å². The van der Waals surface area contributed by atoms with E-state index in [1.807, 2.05) is 60.7 Å². The standard InChI is InChI=1S/C22H28N2O3/c1-22(2,26)27-20-13-14-24(16-18-11-7-4-8-12-18)21(25)23-19(20)15-17-9-5-3-6-10-17/h3-12,19-20,26H,13-16H2,1-2H3,(H,23,25). The van der Waals surface area contributed by atoms with Gasteiger partial charge in [0.15, 0.2) is 5.79 Å². The number of carbonyl (C=O) groups is 1. The van der Waals surface area contributed by atoms with E-state index in [-0.39, 0.29) is 18.2 Å². The molecule has 0 saturated carbocycles. The minimum atomic E-state index is -1.25. The van der Waals surface area contributed by atoms with E-state index in [0.717, 1.165) is 11.1 Å². The number of carbonyl (C=O) groups excluding carboxylic acids is 1. The Morgan fingerprint density at radius 3 is 2.26 bits per heavy atom. The molecule has 0 bridgehead atoms. The summed E-state index contributed by atoms with van der Waals surface area (Å²) in [6, 6.07) is 19.7. The van der Waals surface area contributed by atoms with Crippen LogP contribution in [0.2, 0.25) is 0 Å². The van der Waals surface area contributed by atoms with Gasteiger partial charge in [0, 0.05) is 13.1 Å². The van der Waals surface area contributed by atoms with E-state index in [2.05, 4.69) is 5.32 Å². The van der Waals surface area contributed by atoms with Gasteiger partial charge in [-0.3, -0.25) is 0 Å². The van der Waals surface area contributed by atoms with Crippen molar-refractivity contribution in [1.29, 1.82) is 0 Å². The second-order valence-electron chi connectivity index (χ2n) is 7.54. The van der Waals surface area contributed by atoms with Crippen LogP contribution in [0.15, 0.2) is 60.7 Å². The van der Waals surface area contributed by atoms with Crippen LogP contribution in [0, 0.1) is 0 Å². The quantitative estimate of drug-likeness (QED) is 0.769. The monoisotopic (exact) mass is 368 g/mol. The molecule has 1 heterocycles. The molecule has 0 radical (unpaired) electrons. The van der Waals surface area contributed by atoms with Gasteiger partial charge in [-0.25, -0.2) is 4.79 Å². The first-order valence-electron chi connectivity index (χ1n) is 9.44. The Morgan fingerprint density at radius 1 is 1.07 bits per heavy atom. The average molecular weight is 368 g/mol. The van der Waals surface area contributed by atoms with Crippen LogP contribution in [0.4, 0.5) is 4.79 Å². The molecule has 0 spiro atoms.